The fourth-order valence-corrected chi connectivity index (χ4v) is 1.87. The van der Waals surface area contributed by atoms with Crippen LogP contribution in [0.2, 0.25) is 0 Å². The Labute approximate surface area is 118 Å². The number of hydrogen-bond donors (Lipinski definition) is 1. The maximum atomic E-state index is 12.3. The molecule has 6 heteroatoms. The molecule has 0 aliphatic heterocycles. The van der Waals surface area contributed by atoms with Gasteiger partial charge in [0.15, 0.2) is 5.78 Å². The third-order valence-corrected chi connectivity index (χ3v) is 3.93. The number of Topliss-reactive ketones (excluding diaryl/α,β-unsaturated/α-hetero) is 2. The second-order valence-corrected chi connectivity index (χ2v) is 5.15. The molecule has 0 saturated carbocycles. The van der Waals surface area contributed by atoms with Gasteiger partial charge in [0, 0.05) is 12.3 Å². The van der Waals surface area contributed by atoms with E-state index in [-0.39, 0.29) is 18.6 Å². The minimum atomic E-state index is -1.38. The van der Waals surface area contributed by atoms with Crippen molar-refractivity contribution in [3.05, 3.63) is 0 Å². The molecule has 0 aromatic rings. The number of esters is 1. The number of hydrogen-bond acceptors (Lipinski definition) is 5. The Morgan fingerprint density at radius 2 is 1.75 bits per heavy atom. The fraction of sp³-hybridized carbons (Fsp3) is 0.714. The summed E-state index contributed by atoms with van der Waals surface area (Å²) in [5, 5.41) is 9.16. The van der Waals surface area contributed by atoms with Crippen LogP contribution in [0.4, 0.5) is 0 Å². The fourth-order valence-electron chi connectivity index (χ4n) is 1.87. The zero-order valence-corrected chi connectivity index (χ0v) is 12.6. The molecule has 0 fully saturated rings. The summed E-state index contributed by atoms with van der Waals surface area (Å²) < 4.78 is 4.60. The average molecular weight is 286 g/mol. The predicted molar refractivity (Wildman–Crippen MR) is 71.0 cm³/mol. The van der Waals surface area contributed by atoms with Crippen LogP contribution in [-0.4, -0.2) is 35.7 Å². The molecular formula is C14H22O6. The van der Waals surface area contributed by atoms with Crippen molar-refractivity contribution in [1.82, 2.24) is 0 Å². The van der Waals surface area contributed by atoms with E-state index in [9.17, 15) is 19.2 Å². The van der Waals surface area contributed by atoms with E-state index >= 15 is 0 Å². The van der Waals surface area contributed by atoms with Crippen LogP contribution in [0.1, 0.15) is 40.5 Å². The SMILES string of the molecule is CC[C@@](C)(C(=O)C[C@H](C(=O)O)[C@@H](C)C(C)=O)C(=O)OC. The Morgan fingerprint density at radius 3 is 2.05 bits per heavy atom. The van der Waals surface area contributed by atoms with Crippen LogP contribution in [0.3, 0.4) is 0 Å². The van der Waals surface area contributed by atoms with Crippen molar-refractivity contribution in [2.24, 2.45) is 17.3 Å². The van der Waals surface area contributed by atoms with Gasteiger partial charge in [0.2, 0.25) is 0 Å². The van der Waals surface area contributed by atoms with E-state index in [2.05, 4.69) is 4.74 Å². The van der Waals surface area contributed by atoms with Crippen LogP contribution in [0.5, 0.6) is 0 Å². The molecule has 0 unspecified atom stereocenters. The van der Waals surface area contributed by atoms with Gasteiger partial charge in [-0.15, -0.1) is 0 Å². The van der Waals surface area contributed by atoms with Crippen LogP contribution in [0.25, 0.3) is 0 Å². The highest BCUT2D eigenvalue weighted by Crippen LogP contribution is 2.29. The van der Waals surface area contributed by atoms with Gasteiger partial charge in [-0.2, -0.15) is 0 Å². The summed E-state index contributed by atoms with van der Waals surface area (Å²) in [6.45, 7) is 5.83. The van der Waals surface area contributed by atoms with Crippen molar-refractivity contribution in [3.63, 3.8) is 0 Å². The number of carboxylic acids is 1. The molecule has 6 nitrogen and oxygen atoms in total. The summed E-state index contributed by atoms with van der Waals surface area (Å²) in [4.78, 5) is 46.5. The van der Waals surface area contributed by atoms with Crippen molar-refractivity contribution in [2.45, 2.75) is 40.5 Å². The monoisotopic (exact) mass is 286 g/mol. The van der Waals surface area contributed by atoms with Crippen LogP contribution in [0, 0.1) is 17.3 Å². The highest BCUT2D eigenvalue weighted by Gasteiger charge is 2.43. The number of ketones is 2. The van der Waals surface area contributed by atoms with E-state index in [0.717, 1.165) is 0 Å². The van der Waals surface area contributed by atoms with Gasteiger partial charge in [-0.25, -0.2) is 0 Å². The zero-order valence-electron chi connectivity index (χ0n) is 12.6. The van der Waals surface area contributed by atoms with E-state index in [1.54, 1.807) is 6.92 Å². The Bertz CT molecular complexity index is 414. The van der Waals surface area contributed by atoms with Crippen LogP contribution >= 0.6 is 0 Å². The highest BCUT2D eigenvalue weighted by atomic mass is 16.5. The van der Waals surface area contributed by atoms with Crippen LogP contribution < -0.4 is 0 Å². The summed E-state index contributed by atoms with van der Waals surface area (Å²) in [6, 6.07) is 0. The van der Waals surface area contributed by atoms with E-state index in [1.807, 2.05) is 0 Å². The number of carbonyl (C=O) groups is 4. The molecule has 114 valence electrons. The van der Waals surface area contributed by atoms with Crippen molar-refractivity contribution >= 4 is 23.5 Å². The number of rotatable bonds is 8. The molecule has 0 heterocycles. The Hall–Kier alpha value is -1.72. The third-order valence-electron chi connectivity index (χ3n) is 3.93. The number of methoxy groups -OCH3 is 1. The standard InChI is InChI=1S/C14H22O6/c1-6-14(4,13(19)20-5)11(16)7-10(12(17)18)8(2)9(3)15/h8,10H,6-7H2,1-5H3,(H,17,18)/t8-,10-,14-/m0/s1. The molecule has 0 aromatic carbocycles. The molecule has 0 saturated heterocycles. The quantitative estimate of drug-likeness (QED) is 0.536. The van der Waals surface area contributed by atoms with E-state index < -0.39 is 35.0 Å². The summed E-state index contributed by atoms with van der Waals surface area (Å²) in [6.07, 6.45) is -0.158. The first-order valence-electron chi connectivity index (χ1n) is 6.46. The molecule has 0 aliphatic rings. The number of aliphatic carboxylic acids is 1. The minimum Gasteiger partial charge on any atom is -0.481 e. The molecule has 0 aromatic heterocycles. The van der Waals surface area contributed by atoms with Crippen LogP contribution in [-0.2, 0) is 23.9 Å². The first kappa shape index (κ1) is 18.3. The van der Waals surface area contributed by atoms with E-state index in [1.165, 1.54) is 27.9 Å². The molecule has 0 radical (unpaired) electrons. The second kappa shape index (κ2) is 7.17. The molecule has 0 rings (SSSR count). The highest BCUT2D eigenvalue weighted by molar-refractivity contribution is 6.04. The average Bonchev–Trinajstić information content (AvgIpc) is 2.40. The van der Waals surface area contributed by atoms with Gasteiger partial charge >= 0.3 is 11.9 Å². The molecular weight excluding hydrogens is 264 g/mol. The van der Waals surface area contributed by atoms with Gasteiger partial charge in [-0.05, 0) is 20.3 Å². The lowest BCUT2D eigenvalue weighted by Gasteiger charge is -2.26. The Balaban J connectivity index is 5.24. The predicted octanol–water partition coefficient (Wildman–Crippen LogP) is 1.46. The first-order chi connectivity index (χ1) is 9.11. The van der Waals surface area contributed by atoms with Crippen molar-refractivity contribution in [3.8, 4) is 0 Å². The molecule has 0 spiro atoms. The molecule has 0 bridgehead atoms. The minimum absolute atomic E-state index is 0.208. The Kier molecular flexibility index (Phi) is 6.55. The lowest BCUT2D eigenvalue weighted by atomic mass is 9.76. The summed E-state index contributed by atoms with van der Waals surface area (Å²) in [7, 11) is 1.18. The Morgan fingerprint density at radius 1 is 1.25 bits per heavy atom. The normalized spacial score (nSPS) is 16.6. The maximum Gasteiger partial charge on any atom is 0.319 e. The van der Waals surface area contributed by atoms with Gasteiger partial charge in [-0.1, -0.05) is 13.8 Å². The first-order valence-corrected chi connectivity index (χ1v) is 6.46. The van der Waals surface area contributed by atoms with Gasteiger partial charge in [0.25, 0.3) is 0 Å². The van der Waals surface area contributed by atoms with E-state index in [4.69, 9.17) is 5.11 Å². The van der Waals surface area contributed by atoms with Crippen molar-refractivity contribution in [2.75, 3.05) is 7.11 Å². The van der Waals surface area contributed by atoms with Crippen molar-refractivity contribution < 1.29 is 29.0 Å². The molecule has 1 N–H and O–H groups in total. The molecule has 3 atom stereocenters. The van der Waals surface area contributed by atoms with Gasteiger partial charge in [0.05, 0.1) is 13.0 Å². The summed E-state index contributed by atoms with van der Waals surface area (Å²) in [5.74, 6) is -4.64. The molecule has 0 amide bonds. The molecule has 0 aliphatic carbocycles. The smallest absolute Gasteiger partial charge is 0.319 e. The summed E-state index contributed by atoms with van der Waals surface area (Å²) in [5.41, 5.74) is -1.38. The largest absolute Gasteiger partial charge is 0.481 e. The van der Waals surface area contributed by atoms with E-state index in [0.29, 0.717) is 0 Å². The number of carbonyl (C=O) groups excluding carboxylic acids is 3. The van der Waals surface area contributed by atoms with Gasteiger partial charge in [-0.3, -0.25) is 19.2 Å². The number of ether oxygens (including phenoxy) is 1. The van der Waals surface area contributed by atoms with Gasteiger partial charge in [0.1, 0.15) is 11.2 Å². The third kappa shape index (κ3) is 3.88. The molecule has 20 heavy (non-hydrogen) atoms. The number of carboxylic acid groups (broad SMARTS) is 1. The lowest BCUT2D eigenvalue weighted by molar-refractivity contribution is -0.159. The summed E-state index contributed by atoms with van der Waals surface area (Å²) >= 11 is 0. The van der Waals surface area contributed by atoms with Crippen LogP contribution in [0.15, 0.2) is 0 Å². The second-order valence-electron chi connectivity index (χ2n) is 5.15. The maximum absolute atomic E-state index is 12.3. The van der Waals surface area contributed by atoms with Crippen molar-refractivity contribution in [1.29, 1.82) is 0 Å². The topological polar surface area (TPSA) is 97.7 Å². The lowest BCUT2D eigenvalue weighted by Crippen LogP contribution is -2.40. The zero-order chi connectivity index (χ0) is 16.1. The van der Waals surface area contributed by atoms with Gasteiger partial charge < -0.3 is 9.84 Å².